The first-order chi connectivity index (χ1) is 16.5. The Labute approximate surface area is 204 Å². The number of amides is 1. The second-order valence-electron chi connectivity index (χ2n) is 9.70. The normalized spacial score (nSPS) is 20.5. The Balaban J connectivity index is 1.21. The predicted molar refractivity (Wildman–Crippen MR) is 139 cm³/mol. The molecule has 7 heteroatoms. The molecule has 174 valence electrons. The van der Waals surface area contributed by atoms with Crippen molar-refractivity contribution in [1.29, 1.82) is 0 Å². The molecule has 1 saturated heterocycles. The summed E-state index contributed by atoms with van der Waals surface area (Å²) in [6.07, 6.45) is 6.48. The summed E-state index contributed by atoms with van der Waals surface area (Å²) in [5.74, 6) is 0.580. The molecule has 2 aliphatic heterocycles. The number of nitrogens with zero attached hydrogens (tertiary/aromatic N) is 5. The molecule has 0 unspecified atom stereocenters. The Kier molecular flexibility index (Phi) is 5.54. The lowest BCUT2D eigenvalue weighted by molar-refractivity contribution is -0.113. The van der Waals surface area contributed by atoms with Crippen molar-refractivity contribution in [3.63, 3.8) is 0 Å². The van der Waals surface area contributed by atoms with Gasteiger partial charge in [-0.15, -0.1) is 0 Å². The molecule has 0 atom stereocenters. The van der Waals surface area contributed by atoms with Crippen molar-refractivity contribution in [3.8, 4) is 0 Å². The van der Waals surface area contributed by atoms with Gasteiger partial charge in [0.25, 0.3) is 5.91 Å². The van der Waals surface area contributed by atoms with Crippen molar-refractivity contribution in [2.24, 2.45) is 4.99 Å². The van der Waals surface area contributed by atoms with Crippen LogP contribution < -0.4 is 0 Å². The van der Waals surface area contributed by atoms with E-state index in [-0.39, 0.29) is 5.91 Å². The van der Waals surface area contributed by atoms with Crippen LogP contribution in [-0.2, 0) is 11.3 Å². The van der Waals surface area contributed by atoms with E-state index < -0.39 is 0 Å². The first-order valence-electron chi connectivity index (χ1n) is 12.0. The van der Waals surface area contributed by atoms with Gasteiger partial charge in [0.1, 0.15) is 0 Å². The minimum absolute atomic E-state index is 0.137. The van der Waals surface area contributed by atoms with Crippen LogP contribution in [0.1, 0.15) is 41.0 Å². The predicted octanol–water partition coefficient (Wildman–Crippen LogP) is 4.49. The van der Waals surface area contributed by atoms with Gasteiger partial charge < -0.3 is 9.80 Å². The highest BCUT2D eigenvalue weighted by Gasteiger charge is 2.28. The van der Waals surface area contributed by atoms with Gasteiger partial charge >= 0.3 is 0 Å². The number of aryl methyl sites for hydroxylation is 1. The third-order valence-corrected chi connectivity index (χ3v) is 8.03. The van der Waals surface area contributed by atoms with E-state index in [2.05, 4.69) is 69.8 Å². The van der Waals surface area contributed by atoms with Crippen LogP contribution in [0.4, 0.5) is 0 Å². The van der Waals surface area contributed by atoms with E-state index in [0.717, 1.165) is 54.4 Å². The Morgan fingerprint density at radius 1 is 1.09 bits per heavy atom. The Bertz CT molecular complexity index is 1330. The van der Waals surface area contributed by atoms with Crippen molar-refractivity contribution in [2.75, 3.05) is 33.2 Å². The molecule has 1 amide bonds. The number of rotatable bonds is 4. The molecule has 1 saturated carbocycles. The number of amidine groups is 1. The Morgan fingerprint density at radius 2 is 1.91 bits per heavy atom. The highest BCUT2D eigenvalue weighted by molar-refractivity contribution is 8.18. The number of hydrogen-bond donors (Lipinski definition) is 0. The summed E-state index contributed by atoms with van der Waals surface area (Å²) in [4.78, 5) is 22.1. The first kappa shape index (κ1) is 21.6. The maximum Gasteiger partial charge on any atom is 0.286 e. The van der Waals surface area contributed by atoms with E-state index in [0.29, 0.717) is 10.8 Å². The van der Waals surface area contributed by atoms with Gasteiger partial charge in [-0.3, -0.25) is 9.48 Å². The number of carbonyl (C=O) groups excluding carboxylic acids is 1. The Morgan fingerprint density at radius 3 is 2.71 bits per heavy atom. The Hall–Kier alpha value is -2.90. The standard InChI is InChI=1S/C27H29N5OS/c1-18-3-5-21(23(13-18)20-6-7-20)17-32-24-8-4-19(14-22(24)16-28-32)15-25-26(33)29-27(34-25)31-11-9-30(2)10-12-31/h3-5,8,13-16,20H,6-7,9-12,17H2,1-2H3/b25-15-. The van der Waals surface area contributed by atoms with E-state index in [1.54, 1.807) is 0 Å². The third-order valence-electron chi connectivity index (χ3n) is 6.99. The van der Waals surface area contributed by atoms with Gasteiger partial charge in [-0.1, -0.05) is 29.8 Å². The number of hydrogen-bond acceptors (Lipinski definition) is 5. The molecule has 1 aliphatic carbocycles. The topological polar surface area (TPSA) is 53.7 Å². The summed E-state index contributed by atoms with van der Waals surface area (Å²) in [7, 11) is 2.13. The second kappa shape index (κ2) is 8.71. The smallest absolute Gasteiger partial charge is 0.286 e. The number of benzene rings is 2. The zero-order valence-corrected chi connectivity index (χ0v) is 20.5. The number of aliphatic imine (C=N–C) groups is 1. The third kappa shape index (κ3) is 4.30. The van der Waals surface area contributed by atoms with Crippen LogP contribution in [0, 0.1) is 6.92 Å². The fourth-order valence-electron chi connectivity index (χ4n) is 4.80. The fourth-order valence-corrected chi connectivity index (χ4v) is 5.76. The summed E-state index contributed by atoms with van der Waals surface area (Å²) in [5.41, 5.74) is 6.30. The monoisotopic (exact) mass is 471 g/mol. The fraction of sp³-hybridized carbons (Fsp3) is 0.370. The van der Waals surface area contributed by atoms with E-state index in [9.17, 15) is 4.79 Å². The lowest BCUT2D eigenvalue weighted by Gasteiger charge is -2.32. The van der Waals surface area contributed by atoms with Crippen LogP contribution in [0.2, 0.25) is 0 Å². The van der Waals surface area contributed by atoms with Gasteiger partial charge in [0.05, 0.1) is 23.2 Å². The van der Waals surface area contributed by atoms with Gasteiger partial charge in [0, 0.05) is 31.6 Å². The molecule has 2 fully saturated rings. The summed E-state index contributed by atoms with van der Waals surface area (Å²) in [6, 6.07) is 13.1. The number of piperazine rings is 1. The van der Waals surface area contributed by atoms with Crippen LogP contribution in [0.15, 0.2) is 52.5 Å². The largest absolute Gasteiger partial charge is 0.348 e. The van der Waals surface area contributed by atoms with Crippen molar-refractivity contribution in [3.05, 3.63) is 69.8 Å². The zero-order chi connectivity index (χ0) is 23.2. The number of thioether (sulfide) groups is 1. The van der Waals surface area contributed by atoms with Crippen LogP contribution in [0.5, 0.6) is 0 Å². The van der Waals surface area contributed by atoms with Crippen molar-refractivity contribution in [1.82, 2.24) is 19.6 Å². The lowest BCUT2D eigenvalue weighted by atomic mass is 10.0. The summed E-state index contributed by atoms with van der Waals surface area (Å²) in [5, 5.41) is 6.62. The minimum atomic E-state index is -0.137. The first-order valence-corrected chi connectivity index (χ1v) is 12.9. The number of aromatic nitrogens is 2. The van der Waals surface area contributed by atoms with Crippen LogP contribution in [0.3, 0.4) is 0 Å². The molecule has 6 nitrogen and oxygen atoms in total. The summed E-state index contributed by atoms with van der Waals surface area (Å²) in [6.45, 7) is 6.78. The van der Waals surface area contributed by atoms with Crippen LogP contribution >= 0.6 is 11.8 Å². The van der Waals surface area contributed by atoms with Crippen LogP contribution in [-0.4, -0.2) is 63.9 Å². The summed E-state index contributed by atoms with van der Waals surface area (Å²) >= 11 is 1.49. The van der Waals surface area contributed by atoms with Crippen LogP contribution in [0.25, 0.3) is 17.0 Å². The van der Waals surface area contributed by atoms with Gasteiger partial charge in [-0.25, -0.2) is 0 Å². The molecule has 0 N–H and O–H groups in total. The maximum absolute atomic E-state index is 12.6. The second-order valence-corrected chi connectivity index (χ2v) is 10.7. The zero-order valence-electron chi connectivity index (χ0n) is 19.7. The maximum atomic E-state index is 12.6. The number of likely N-dealkylation sites (N-methyl/N-ethyl adjacent to an activating group) is 1. The lowest BCUT2D eigenvalue weighted by Crippen LogP contribution is -2.46. The molecule has 3 aliphatic rings. The van der Waals surface area contributed by atoms with Gasteiger partial charge in [0.2, 0.25) is 0 Å². The van der Waals surface area contributed by atoms with Crippen molar-refractivity contribution in [2.45, 2.75) is 32.2 Å². The molecular weight excluding hydrogens is 442 g/mol. The van der Waals surface area contributed by atoms with Gasteiger partial charge in [0.15, 0.2) is 5.17 Å². The highest BCUT2D eigenvalue weighted by Crippen LogP contribution is 2.42. The molecule has 1 aromatic heterocycles. The summed E-state index contributed by atoms with van der Waals surface area (Å²) < 4.78 is 2.09. The van der Waals surface area contributed by atoms with Crippen molar-refractivity contribution < 1.29 is 4.79 Å². The van der Waals surface area contributed by atoms with E-state index in [4.69, 9.17) is 5.10 Å². The minimum Gasteiger partial charge on any atom is -0.348 e. The van der Waals surface area contributed by atoms with E-state index in [1.807, 2.05) is 12.3 Å². The van der Waals surface area contributed by atoms with Gasteiger partial charge in [-0.2, -0.15) is 10.1 Å². The highest BCUT2D eigenvalue weighted by atomic mass is 32.2. The SMILES string of the molecule is Cc1ccc(Cn2ncc3cc(/C=C4\SC(N5CCN(C)CC5)=NC4=O)ccc32)c(C2CC2)c1. The van der Waals surface area contributed by atoms with Gasteiger partial charge in [-0.05, 0) is 79.4 Å². The van der Waals surface area contributed by atoms with E-state index in [1.165, 1.54) is 41.3 Å². The molecule has 3 heterocycles. The molecule has 3 aromatic rings. The molecule has 0 spiro atoms. The molecule has 34 heavy (non-hydrogen) atoms. The van der Waals surface area contributed by atoms with Crippen molar-refractivity contribution >= 4 is 39.8 Å². The average Bonchev–Trinajstić information content (AvgIpc) is 3.52. The quantitative estimate of drug-likeness (QED) is 0.525. The number of carbonyl (C=O) groups is 1. The average molecular weight is 472 g/mol. The molecule has 6 rings (SSSR count). The molecular formula is C27H29N5OS. The van der Waals surface area contributed by atoms with E-state index >= 15 is 0 Å². The number of fused-ring (bicyclic) bond motifs is 1. The molecule has 0 radical (unpaired) electrons. The molecule has 2 aromatic carbocycles. The molecule has 0 bridgehead atoms.